The third kappa shape index (κ3) is 4.45. The summed E-state index contributed by atoms with van der Waals surface area (Å²) < 4.78 is 26.1. The van der Waals surface area contributed by atoms with Gasteiger partial charge >= 0.3 is 0 Å². The predicted octanol–water partition coefficient (Wildman–Crippen LogP) is 2.57. The van der Waals surface area contributed by atoms with Crippen LogP contribution in [0.1, 0.15) is 33.6 Å². The molecule has 0 radical (unpaired) electrons. The Kier molecular flexibility index (Phi) is 6.42. The van der Waals surface area contributed by atoms with Crippen molar-refractivity contribution < 1.29 is 8.42 Å². The highest BCUT2D eigenvalue weighted by molar-refractivity contribution is 7.89. The molecule has 1 aromatic rings. The molecule has 0 spiro atoms. The first-order valence-corrected chi connectivity index (χ1v) is 8.52. The Morgan fingerprint density at radius 2 is 2.05 bits per heavy atom. The third-order valence-corrected chi connectivity index (χ3v) is 5.07. The van der Waals surface area contributed by atoms with Crippen LogP contribution in [0, 0.1) is 5.92 Å². The summed E-state index contributed by atoms with van der Waals surface area (Å²) >= 11 is 0. The van der Waals surface area contributed by atoms with E-state index in [0.29, 0.717) is 18.3 Å². The smallest absolute Gasteiger partial charge is 0.244 e. The Balaban J connectivity index is 2.81. The number of rotatable bonds is 8. The topological polar surface area (TPSA) is 62.3 Å². The number of hydrogen-bond acceptors (Lipinski definition) is 4. The SMILES string of the molecule is CCCNc1ccc(S(=O)(=O)N(C)CC(C)CC)cn1. The summed E-state index contributed by atoms with van der Waals surface area (Å²) in [5, 5.41) is 3.12. The maximum atomic E-state index is 12.4. The Morgan fingerprint density at radius 1 is 1.35 bits per heavy atom. The highest BCUT2D eigenvalue weighted by atomic mass is 32.2. The van der Waals surface area contributed by atoms with Gasteiger partial charge in [0.2, 0.25) is 10.0 Å². The number of sulfonamides is 1. The van der Waals surface area contributed by atoms with Crippen LogP contribution >= 0.6 is 0 Å². The van der Waals surface area contributed by atoms with Crippen molar-refractivity contribution in [1.82, 2.24) is 9.29 Å². The van der Waals surface area contributed by atoms with Gasteiger partial charge in [-0.25, -0.2) is 17.7 Å². The second-order valence-corrected chi connectivity index (χ2v) is 7.15. The molecule has 0 bridgehead atoms. The molecule has 20 heavy (non-hydrogen) atoms. The van der Waals surface area contributed by atoms with Crippen molar-refractivity contribution in [3.8, 4) is 0 Å². The first-order chi connectivity index (χ1) is 9.41. The average molecular weight is 299 g/mol. The highest BCUT2D eigenvalue weighted by Gasteiger charge is 2.22. The lowest BCUT2D eigenvalue weighted by Gasteiger charge is -2.20. The first-order valence-electron chi connectivity index (χ1n) is 7.08. The van der Waals surface area contributed by atoms with Gasteiger partial charge in [0.1, 0.15) is 10.7 Å². The van der Waals surface area contributed by atoms with Crippen LogP contribution in [0.5, 0.6) is 0 Å². The van der Waals surface area contributed by atoms with Gasteiger partial charge in [-0.05, 0) is 24.5 Å². The van der Waals surface area contributed by atoms with Crippen molar-refractivity contribution in [1.29, 1.82) is 0 Å². The van der Waals surface area contributed by atoms with Crippen LogP contribution in [0.25, 0.3) is 0 Å². The molecule has 5 nitrogen and oxygen atoms in total. The van der Waals surface area contributed by atoms with Gasteiger partial charge in [0.15, 0.2) is 0 Å². The average Bonchev–Trinajstić information content (AvgIpc) is 2.45. The molecule has 0 aromatic carbocycles. The number of pyridine rings is 1. The molecule has 1 heterocycles. The van der Waals surface area contributed by atoms with Gasteiger partial charge in [-0.1, -0.05) is 27.2 Å². The normalized spacial score (nSPS) is 13.4. The van der Waals surface area contributed by atoms with Gasteiger partial charge in [-0.15, -0.1) is 0 Å². The van der Waals surface area contributed by atoms with Crippen LogP contribution in [0.4, 0.5) is 5.82 Å². The van der Waals surface area contributed by atoms with Gasteiger partial charge in [0.05, 0.1) is 0 Å². The predicted molar refractivity (Wildman–Crippen MR) is 82.3 cm³/mol. The highest BCUT2D eigenvalue weighted by Crippen LogP contribution is 2.17. The van der Waals surface area contributed by atoms with E-state index < -0.39 is 10.0 Å². The van der Waals surface area contributed by atoms with E-state index >= 15 is 0 Å². The Hall–Kier alpha value is -1.14. The number of aromatic nitrogens is 1. The number of hydrogen-bond donors (Lipinski definition) is 1. The zero-order chi connectivity index (χ0) is 15.2. The molecular formula is C14H25N3O2S. The van der Waals surface area contributed by atoms with Crippen LogP contribution in [0.2, 0.25) is 0 Å². The molecule has 0 fully saturated rings. The summed E-state index contributed by atoms with van der Waals surface area (Å²) in [5.41, 5.74) is 0. The van der Waals surface area contributed by atoms with E-state index in [4.69, 9.17) is 0 Å². The molecule has 1 atom stereocenters. The number of anilines is 1. The Bertz CT molecular complexity index is 500. The lowest BCUT2D eigenvalue weighted by molar-refractivity contribution is 0.393. The van der Waals surface area contributed by atoms with E-state index in [0.717, 1.165) is 19.4 Å². The summed E-state index contributed by atoms with van der Waals surface area (Å²) in [5.74, 6) is 1.05. The molecule has 1 rings (SSSR count). The van der Waals surface area contributed by atoms with E-state index in [1.807, 2.05) is 6.92 Å². The molecule has 0 amide bonds. The van der Waals surface area contributed by atoms with Crippen molar-refractivity contribution in [2.24, 2.45) is 5.92 Å². The van der Waals surface area contributed by atoms with Crippen molar-refractivity contribution in [2.75, 3.05) is 25.5 Å². The van der Waals surface area contributed by atoms with Crippen molar-refractivity contribution in [3.05, 3.63) is 18.3 Å². The molecule has 1 unspecified atom stereocenters. The molecule has 0 saturated heterocycles. The Morgan fingerprint density at radius 3 is 2.55 bits per heavy atom. The van der Waals surface area contributed by atoms with E-state index in [1.165, 1.54) is 10.5 Å². The minimum Gasteiger partial charge on any atom is -0.370 e. The van der Waals surface area contributed by atoms with E-state index in [2.05, 4.69) is 24.1 Å². The van der Waals surface area contributed by atoms with Crippen molar-refractivity contribution in [3.63, 3.8) is 0 Å². The number of nitrogens with one attached hydrogen (secondary N) is 1. The fourth-order valence-corrected chi connectivity index (χ4v) is 2.97. The summed E-state index contributed by atoms with van der Waals surface area (Å²) in [6.07, 6.45) is 3.37. The molecule has 0 aliphatic carbocycles. The lowest BCUT2D eigenvalue weighted by atomic mass is 10.1. The summed E-state index contributed by atoms with van der Waals surface area (Å²) in [7, 11) is -1.82. The molecule has 6 heteroatoms. The van der Waals surface area contributed by atoms with Gasteiger partial charge < -0.3 is 5.32 Å². The minimum atomic E-state index is -3.44. The van der Waals surface area contributed by atoms with E-state index in [9.17, 15) is 8.42 Å². The van der Waals surface area contributed by atoms with E-state index in [1.54, 1.807) is 19.2 Å². The standard InChI is InChI=1S/C14H25N3O2S/c1-5-9-15-14-8-7-13(10-16-14)20(18,19)17(4)11-12(3)6-2/h7-8,10,12H,5-6,9,11H2,1-4H3,(H,15,16). The fraction of sp³-hybridized carbons (Fsp3) is 0.643. The molecule has 0 saturated carbocycles. The van der Waals surface area contributed by atoms with Crippen LogP contribution in [0.3, 0.4) is 0 Å². The Labute approximate surface area is 122 Å². The maximum Gasteiger partial charge on any atom is 0.244 e. The molecule has 1 aromatic heterocycles. The molecular weight excluding hydrogens is 274 g/mol. The quantitative estimate of drug-likeness (QED) is 0.801. The van der Waals surface area contributed by atoms with Crippen molar-refractivity contribution in [2.45, 2.75) is 38.5 Å². The van der Waals surface area contributed by atoms with Crippen LogP contribution in [-0.4, -0.2) is 37.8 Å². The maximum absolute atomic E-state index is 12.4. The number of nitrogens with zero attached hydrogens (tertiary/aromatic N) is 2. The zero-order valence-corrected chi connectivity index (χ0v) is 13.6. The second kappa shape index (κ2) is 7.59. The van der Waals surface area contributed by atoms with Crippen LogP contribution in [0.15, 0.2) is 23.2 Å². The van der Waals surface area contributed by atoms with Crippen LogP contribution in [-0.2, 0) is 10.0 Å². The van der Waals surface area contributed by atoms with Gasteiger partial charge in [-0.2, -0.15) is 0 Å². The van der Waals surface area contributed by atoms with Gasteiger partial charge in [-0.3, -0.25) is 0 Å². The largest absolute Gasteiger partial charge is 0.370 e. The fourth-order valence-electron chi connectivity index (χ4n) is 1.74. The van der Waals surface area contributed by atoms with E-state index in [-0.39, 0.29) is 4.90 Å². The van der Waals surface area contributed by atoms with Gasteiger partial charge in [0, 0.05) is 26.3 Å². The molecule has 0 aliphatic rings. The lowest BCUT2D eigenvalue weighted by Crippen LogP contribution is -2.31. The summed E-state index contributed by atoms with van der Waals surface area (Å²) in [6.45, 7) is 7.51. The summed E-state index contributed by atoms with van der Waals surface area (Å²) in [4.78, 5) is 4.39. The van der Waals surface area contributed by atoms with Gasteiger partial charge in [0.25, 0.3) is 0 Å². The zero-order valence-electron chi connectivity index (χ0n) is 12.8. The minimum absolute atomic E-state index is 0.241. The molecule has 114 valence electrons. The molecule has 0 aliphatic heterocycles. The second-order valence-electron chi connectivity index (χ2n) is 5.10. The monoisotopic (exact) mass is 299 g/mol. The molecule has 1 N–H and O–H groups in total. The van der Waals surface area contributed by atoms with Crippen LogP contribution < -0.4 is 5.32 Å². The van der Waals surface area contributed by atoms with Crippen molar-refractivity contribution >= 4 is 15.8 Å². The summed E-state index contributed by atoms with van der Waals surface area (Å²) in [6, 6.07) is 3.31. The first kappa shape index (κ1) is 16.9. The third-order valence-electron chi connectivity index (χ3n) is 3.27.